The van der Waals surface area contributed by atoms with E-state index in [1.807, 2.05) is 0 Å². The lowest BCUT2D eigenvalue weighted by molar-refractivity contribution is 0.516. The van der Waals surface area contributed by atoms with Gasteiger partial charge in [0.15, 0.2) is 17.1 Å². The Morgan fingerprint density at radius 3 is 2.71 bits per heavy atom. The minimum Gasteiger partial charge on any atom is -0.358 e. The molecule has 0 bridgehead atoms. The van der Waals surface area contributed by atoms with Crippen molar-refractivity contribution in [3.05, 3.63) is 45.8 Å². The number of pyridine rings is 1. The van der Waals surface area contributed by atoms with Gasteiger partial charge in [-0.05, 0) is 19.1 Å². The highest BCUT2D eigenvalue weighted by molar-refractivity contribution is 5.79. The second-order valence-electron chi connectivity index (χ2n) is 3.10. The summed E-state index contributed by atoms with van der Waals surface area (Å²) >= 11 is 0. The maximum atomic E-state index is 13.2. The van der Waals surface area contributed by atoms with Crippen molar-refractivity contribution in [3.8, 4) is 0 Å². The highest BCUT2D eigenvalue weighted by Crippen LogP contribution is 2.15. The van der Waals surface area contributed by atoms with Crippen LogP contribution in [0, 0.1) is 18.6 Å². The minimum atomic E-state index is -1.09. The van der Waals surface area contributed by atoms with E-state index in [2.05, 4.69) is 4.98 Å². The zero-order valence-corrected chi connectivity index (χ0v) is 7.40. The Balaban J connectivity index is 3.03. The van der Waals surface area contributed by atoms with Gasteiger partial charge in [0, 0.05) is 11.8 Å². The fraction of sp³-hybridized carbons (Fsp3) is 0.100. The highest BCUT2D eigenvalue weighted by Gasteiger charge is 2.10. The first-order valence-electron chi connectivity index (χ1n) is 4.07. The fourth-order valence-electron chi connectivity index (χ4n) is 1.41. The molecule has 14 heavy (non-hydrogen) atoms. The van der Waals surface area contributed by atoms with Crippen LogP contribution in [0.5, 0.6) is 0 Å². The van der Waals surface area contributed by atoms with Crippen molar-refractivity contribution in [3.63, 3.8) is 0 Å². The predicted octanol–water partition coefficient (Wildman–Crippen LogP) is 2.11. The average Bonchev–Trinajstić information content (AvgIpc) is 2.10. The number of nitrogens with one attached hydrogen (secondary N) is 1. The molecule has 0 spiro atoms. The maximum absolute atomic E-state index is 13.2. The van der Waals surface area contributed by atoms with Crippen molar-refractivity contribution >= 4 is 10.9 Å². The van der Waals surface area contributed by atoms with E-state index < -0.39 is 17.1 Å². The van der Waals surface area contributed by atoms with Gasteiger partial charge >= 0.3 is 0 Å². The molecule has 0 fully saturated rings. The molecular formula is C10H7F2NO. The number of fused-ring (bicyclic) bond motifs is 1. The molecule has 0 saturated carbocycles. The molecule has 1 aromatic carbocycles. The zero-order chi connectivity index (χ0) is 10.3. The Bertz CT molecular complexity index is 560. The summed E-state index contributed by atoms with van der Waals surface area (Å²) in [5.41, 5.74) is 0.427. The first-order chi connectivity index (χ1) is 6.59. The van der Waals surface area contributed by atoms with Crippen molar-refractivity contribution in [2.24, 2.45) is 0 Å². The Hall–Kier alpha value is -1.71. The summed E-state index contributed by atoms with van der Waals surface area (Å²) in [5, 5.41) is -0.226. The van der Waals surface area contributed by atoms with Crippen molar-refractivity contribution in [2.75, 3.05) is 0 Å². The van der Waals surface area contributed by atoms with Gasteiger partial charge in [0.05, 0.1) is 10.9 Å². The van der Waals surface area contributed by atoms with Crippen LogP contribution in [-0.4, -0.2) is 4.98 Å². The molecule has 2 nitrogen and oxygen atoms in total. The van der Waals surface area contributed by atoms with E-state index in [-0.39, 0.29) is 5.39 Å². The normalized spacial score (nSPS) is 10.8. The van der Waals surface area contributed by atoms with Gasteiger partial charge in [-0.25, -0.2) is 8.78 Å². The number of halogens is 2. The Morgan fingerprint density at radius 2 is 2.00 bits per heavy atom. The number of aromatic nitrogens is 1. The van der Waals surface area contributed by atoms with Crippen molar-refractivity contribution in [1.29, 1.82) is 0 Å². The second-order valence-corrected chi connectivity index (χ2v) is 3.10. The molecule has 0 saturated heterocycles. The largest absolute Gasteiger partial charge is 0.358 e. The fourth-order valence-corrected chi connectivity index (χ4v) is 1.41. The van der Waals surface area contributed by atoms with Gasteiger partial charge in [-0.15, -0.1) is 0 Å². The summed E-state index contributed by atoms with van der Waals surface area (Å²) in [5.74, 6) is -2.10. The first kappa shape index (κ1) is 8.87. The molecule has 2 rings (SSSR count). The topological polar surface area (TPSA) is 32.9 Å². The number of aromatic amines is 1. The molecule has 1 aromatic heterocycles. The molecule has 1 heterocycles. The highest BCUT2D eigenvalue weighted by atomic mass is 19.2. The molecule has 0 amide bonds. The first-order valence-corrected chi connectivity index (χ1v) is 4.07. The van der Waals surface area contributed by atoms with Crippen molar-refractivity contribution < 1.29 is 8.78 Å². The number of hydrogen-bond donors (Lipinski definition) is 1. The lowest BCUT2D eigenvalue weighted by Gasteiger charge is -2.01. The molecule has 72 valence electrons. The van der Waals surface area contributed by atoms with Crippen LogP contribution in [-0.2, 0) is 0 Å². The van der Waals surface area contributed by atoms with Gasteiger partial charge in [-0.3, -0.25) is 4.79 Å². The third kappa shape index (κ3) is 1.19. The van der Waals surface area contributed by atoms with Gasteiger partial charge in [0.2, 0.25) is 0 Å². The van der Waals surface area contributed by atoms with Crippen LogP contribution in [0.4, 0.5) is 8.78 Å². The third-order valence-electron chi connectivity index (χ3n) is 2.02. The van der Waals surface area contributed by atoms with Crippen LogP contribution in [0.3, 0.4) is 0 Å². The molecule has 0 aliphatic carbocycles. The summed E-state index contributed by atoms with van der Waals surface area (Å²) in [6.07, 6.45) is 0. The average molecular weight is 195 g/mol. The van der Waals surface area contributed by atoms with E-state index in [1.165, 1.54) is 12.1 Å². The van der Waals surface area contributed by atoms with E-state index >= 15 is 0 Å². The summed E-state index contributed by atoms with van der Waals surface area (Å²) in [6, 6.07) is 3.58. The molecule has 1 N–H and O–H groups in total. The Kier molecular flexibility index (Phi) is 1.84. The summed E-state index contributed by atoms with van der Waals surface area (Å²) in [7, 11) is 0. The predicted molar refractivity (Wildman–Crippen MR) is 49.2 cm³/mol. The molecule has 0 radical (unpaired) electrons. The number of H-pyrrole nitrogens is 1. The lowest BCUT2D eigenvalue weighted by Crippen LogP contribution is -2.06. The van der Waals surface area contributed by atoms with Gasteiger partial charge < -0.3 is 4.98 Å². The van der Waals surface area contributed by atoms with E-state index in [0.29, 0.717) is 11.2 Å². The smallest absolute Gasteiger partial charge is 0.192 e. The monoisotopic (exact) mass is 195 g/mol. The van der Waals surface area contributed by atoms with Gasteiger partial charge in [0.1, 0.15) is 0 Å². The van der Waals surface area contributed by atoms with Crippen LogP contribution in [0.25, 0.3) is 10.9 Å². The van der Waals surface area contributed by atoms with Gasteiger partial charge in [0.25, 0.3) is 0 Å². The molecule has 4 heteroatoms. The molecule has 0 atom stereocenters. The molecule has 2 aromatic rings. The standard InChI is InChI=1S/C10H7F2NO/c1-5-4-8(14)9-7(13-5)3-2-6(11)10(9)12/h2-4H,1H3,(H,13,14). The minimum absolute atomic E-state index is 0.226. The van der Waals surface area contributed by atoms with Crippen LogP contribution >= 0.6 is 0 Å². The summed E-state index contributed by atoms with van der Waals surface area (Å²) in [6.45, 7) is 1.68. The Labute approximate surface area is 78.2 Å². The number of rotatable bonds is 0. The van der Waals surface area contributed by atoms with E-state index in [0.717, 1.165) is 6.07 Å². The van der Waals surface area contributed by atoms with Crippen molar-refractivity contribution in [2.45, 2.75) is 6.92 Å². The van der Waals surface area contributed by atoms with Gasteiger partial charge in [-0.2, -0.15) is 0 Å². The number of benzene rings is 1. The molecule has 0 aliphatic rings. The number of aryl methyl sites for hydroxylation is 1. The molecule has 0 unspecified atom stereocenters. The lowest BCUT2D eigenvalue weighted by atomic mass is 10.2. The van der Waals surface area contributed by atoms with Crippen LogP contribution in [0.15, 0.2) is 23.0 Å². The van der Waals surface area contributed by atoms with E-state index in [9.17, 15) is 13.6 Å². The SMILES string of the molecule is Cc1cc(=O)c2c(F)c(F)ccc2[nH]1. The van der Waals surface area contributed by atoms with Gasteiger partial charge in [-0.1, -0.05) is 0 Å². The molecule has 0 aliphatic heterocycles. The van der Waals surface area contributed by atoms with Crippen LogP contribution < -0.4 is 5.43 Å². The van der Waals surface area contributed by atoms with E-state index in [4.69, 9.17) is 0 Å². The van der Waals surface area contributed by atoms with Crippen molar-refractivity contribution in [1.82, 2.24) is 4.98 Å². The third-order valence-corrected chi connectivity index (χ3v) is 2.02. The van der Waals surface area contributed by atoms with Crippen LogP contribution in [0.2, 0.25) is 0 Å². The maximum Gasteiger partial charge on any atom is 0.192 e. The second kappa shape index (κ2) is 2.90. The quantitative estimate of drug-likeness (QED) is 0.686. The number of hydrogen-bond acceptors (Lipinski definition) is 1. The Morgan fingerprint density at radius 1 is 1.29 bits per heavy atom. The summed E-state index contributed by atoms with van der Waals surface area (Å²) < 4.78 is 26.0. The zero-order valence-electron chi connectivity index (χ0n) is 7.40. The van der Waals surface area contributed by atoms with E-state index in [1.54, 1.807) is 6.92 Å². The summed E-state index contributed by atoms with van der Waals surface area (Å²) in [4.78, 5) is 14.1. The molecular weight excluding hydrogens is 188 g/mol. The van der Waals surface area contributed by atoms with Crippen LogP contribution in [0.1, 0.15) is 5.69 Å².